The minimum Gasteiger partial charge on any atom is -0.351 e. The van der Waals surface area contributed by atoms with Gasteiger partial charge in [-0.05, 0) is 11.8 Å². The van der Waals surface area contributed by atoms with E-state index in [4.69, 9.17) is 5.73 Å². The predicted octanol–water partition coefficient (Wildman–Crippen LogP) is 1.04. The van der Waals surface area contributed by atoms with Crippen LogP contribution in [0.2, 0.25) is 0 Å². The van der Waals surface area contributed by atoms with Crippen molar-refractivity contribution in [1.82, 2.24) is 4.90 Å². The van der Waals surface area contributed by atoms with E-state index in [2.05, 4.69) is 13.8 Å². The van der Waals surface area contributed by atoms with Crippen molar-refractivity contribution in [2.24, 2.45) is 17.6 Å². The molecule has 0 bridgehead atoms. The van der Waals surface area contributed by atoms with E-state index in [1.54, 1.807) is 4.90 Å². The number of nitrogens with zero attached hydrogens (tertiary/aromatic N) is 1. The zero-order valence-corrected chi connectivity index (χ0v) is 7.21. The van der Waals surface area contributed by atoms with E-state index in [9.17, 15) is 4.79 Å². The van der Waals surface area contributed by atoms with Crippen LogP contribution in [0.5, 0.6) is 0 Å². The van der Waals surface area contributed by atoms with Gasteiger partial charge in [0.1, 0.15) is 0 Å². The van der Waals surface area contributed by atoms with Gasteiger partial charge in [0.15, 0.2) is 0 Å². The summed E-state index contributed by atoms with van der Waals surface area (Å²) in [5.41, 5.74) is 5.16. The first kappa shape index (κ1) is 8.37. The minimum absolute atomic E-state index is 0.271. The topological polar surface area (TPSA) is 46.3 Å². The maximum Gasteiger partial charge on any atom is 0.314 e. The molecule has 1 fully saturated rings. The van der Waals surface area contributed by atoms with Gasteiger partial charge < -0.3 is 10.6 Å². The summed E-state index contributed by atoms with van der Waals surface area (Å²) in [5.74, 6) is 1.27. The lowest BCUT2D eigenvalue weighted by atomic mass is 9.96. The van der Waals surface area contributed by atoms with Crippen LogP contribution in [0.3, 0.4) is 0 Å². The summed E-state index contributed by atoms with van der Waals surface area (Å²) in [4.78, 5) is 12.5. The largest absolute Gasteiger partial charge is 0.351 e. The van der Waals surface area contributed by atoms with E-state index in [1.165, 1.54) is 0 Å². The Labute approximate surface area is 67.5 Å². The molecule has 11 heavy (non-hydrogen) atoms. The maximum absolute atomic E-state index is 10.8. The number of urea groups is 1. The molecule has 3 nitrogen and oxygen atoms in total. The number of carbonyl (C=O) groups is 1. The van der Waals surface area contributed by atoms with Crippen LogP contribution >= 0.6 is 0 Å². The number of primary amides is 1. The smallest absolute Gasteiger partial charge is 0.314 e. The van der Waals surface area contributed by atoms with Crippen molar-refractivity contribution in [3.63, 3.8) is 0 Å². The van der Waals surface area contributed by atoms with Gasteiger partial charge in [0.25, 0.3) is 0 Å². The third kappa shape index (κ3) is 1.64. The molecule has 1 aliphatic rings. The Morgan fingerprint density at radius 3 is 2.55 bits per heavy atom. The van der Waals surface area contributed by atoms with Crippen LogP contribution in [-0.4, -0.2) is 24.0 Å². The average molecular weight is 156 g/mol. The SMILES string of the molecule is CC[C@@H]1CN(C(N)=O)C[C@@H]1C. The first-order valence-corrected chi connectivity index (χ1v) is 4.19. The monoisotopic (exact) mass is 156 g/mol. The van der Waals surface area contributed by atoms with Crippen LogP contribution in [-0.2, 0) is 0 Å². The fourth-order valence-corrected chi connectivity index (χ4v) is 1.75. The van der Waals surface area contributed by atoms with E-state index in [1.807, 2.05) is 0 Å². The first-order valence-electron chi connectivity index (χ1n) is 4.19. The summed E-state index contributed by atoms with van der Waals surface area (Å²) in [5, 5.41) is 0. The van der Waals surface area contributed by atoms with Gasteiger partial charge in [-0.25, -0.2) is 4.79 Å². The number of hydrogen-bond acceptors (Lipinski definition) is 1. The summed E-state index contributed by atoms with van der Waals surface area (Å²) < 4.78 is 0. The molecule has 0 aromatic heterocycles. The molecule has 0 aliphatic carbocycles. The van der Waals surface area contributed by atoms with Crippen molar-refractivity contribution in [1.29, 1.82) is 0 Å². The van der Waals surface area contributed by atoms with Crippen LogP contribution in [0.1, 0.15) is 20.3 Å². The quantitative estimate of drug-likeness (QED) is 0.606. The Balaban J connectivity index is 2.49. The van der Waals surface area contributed by atoms with Crippen LogP contribution in [0.4, 0.5) is 4.79 Å². The molecule has 0 saturated carbocycles. The molecule has 1 aliphatic heterocycles. The molecule has 1 heterocycles. The molecule has 1 rings (SSSR count). The lowest BCUT2D eigenvalue weighted by Crippen LogP contribution is -2.33. The van der Waals surface area contributed by atoms with E-state index < -0.39 is 0 Å². The molecule has 2 amide bonds. The Morgan fingerprint density at radius 2 is 2.27 bits per heavy atom. The van der Waals surface area contributed by atoms with Crippen molar-refractivity contribution < 1.29 is 4.79 Å². The van der Waals surface area contributed by atoms with Crippen LogP contribution in [0.25, 0.3) is 0 Å². The molecule has 3 heteroatoms. The molecule has 2 N–H and O–H groups in total. The minimum atomic E-state index is -0.271. The van der Waals surface area contributed by atoms with Crippen molar-refractivity contribution >= 4 is 6.03 Å². The molecule has 0 spiro atoms. The molecule has 64 valence electrons. The molecule has 1 saturated heterocycles. The highest BCUT2D eigenvalue weighted by atomic mass is 16.2. The molecule has 0 unspecified atom stereocenters. The lowest BCUT2D eigenvalue weighted by molar-refractivity contribution is 0.216. The Hall–Kier alpha value is -0.730. The highest BCUT2D eigenvalue weighted by Gasteiger charge is 2.29. The van der Waals surface area contributed by atoms with Crippen molar-refractivity contribution in [3.8, 4) is 0 Å². The second-order valence-electron chi connectivity index (χ2n) is 3.39. The number of hydrogen-bond donors (Lipinski definition) is 1. The Morgan fingerprint density at radius 1 is 1.64 bits per heavy atom. The average Bonchev–Trinajstić information content (AvgIpc) is 2.31. The normalized spacial score (nSPS) is 30.9. The second kappa shape index (κ2) is 3.11. The van der Waals surface area contributed by atoms with E-state index in [-0.39, 0.29) is 6.03 Å². The maximum atomic E-state index is 10.8. The fraction of sp³-hybridized carbons (Fsp3) is 0.875. The highest BCUT2D eigenvalue weighted by Crippen LogP contribution is 2.24. The van der Waals surface area contributed by atoms with E-state index >= 15 is 0 Å². The van der Waals surface area contributed by atoms with Crippen LogP contribution in [0, 0.1) is 11.8 Å². The molecule has 0 radical (unpaired) electrons. The third-order valence-corrected chi connectivity index (χ3v) is 2.60. The number of likely N-dealkylation sites (tertiary alicyclic amines) is 1. The van der Waals surface area contributed by atoms with Gasteiger partial charge in [0.2, 0.25) is 0 Å². The lowest BCUT2D eigenvalue weighted by Gasteiger charge is -2.11. The second-order valence-corrected chi connectivity index (χ2v) is 3.39. The van der Waals surface area contributed by atoms with Crippen molar-refractivity contribution in [2.75, 3.05) is 13.1 Å². The molecular weight excluding hydrogens is 140 g/mol. The first-order chi connectivity index (χ1) is 5.15. The fourth-order valence-electron chi connectivity index (χ4n) is 1.75. The zero-order valence-electron chi connectivity index (χ0n) is 7.21. The summed E-state index contributed by atoms with van der Waals surface area (Å²) in [6.07, 6.45) is 1.14. The Kier molecular flexibility index (Phi) is 2.37. The van der Waals surface area contributed by atoms with Gasteiger partial charge >= 0.3 is 6.03 Å². The summed E-state index contributed by atoms with van der Waals surface area (Å²) >= 11 is 0. The third-order valence-electron chi connectivity index (χ3n) is 2.60. The summed E-state index contributed by atoms with van der Waals surface area (Å²) in [6, 6.07) is -0.271. The van der Waals surface area contributed by atoms with Crippen LogP contribution < -0.4 is 5.73 Å². The van der Waals surface area contributed by atoms with Gasteiger partial charge in [0, 0.05) is 13.1 Å². The van der Waals surface area contributed by atoms with E-state index in [0.717, 1.165) is 19.5 Å². The molecule has 0 aromatic rings. The predicted molar refractivity (Wildman–Crippen MR) is 44.1 cm³/mol. The van der Waals surface area contributed by atoms with Gasteiger partial charge in [-0.1, -0.05) is 20.3 Å². The van der Waals surface area contributed by atoms with Gasteiger partial charge in [-0.2, -0.15) is 0 Å². The van der Waals surface area contributed by atoms with Crippen LogP contribution in [0.15, 0.2) is 0 Å². The highest BCUT2D eigenvalue weighted by molar-refractivity contribution is 5.72. The van der Waals surface area contributed by atoms with E-state index in [0.29, 0.717) is 11.8 Å². The number of amides is 2. The molecule has 2 atom stereocenters. The van der Waals surface area contributed by atoms with Gasteiger partial charge in [-0.15, -0.1) is 0 Å². The molecular formula is C8H16N2O. The van der Waals surface area contributed by atoms with Gasteiger partial charge in [-0.3, -0.25) is 0 Å². The number of carbonyl (C=O) groups excluding carboxylic acids is 1. The summed E-state index contributed by atoms with van der Waals surface area (Å²) in [7, 11) is 0. The number of rotatable bonds is 1. The van der Waals surface area contributed by atoms with Crippen molar-refractivity contribution in [3.05, 3.63) is 0 Å². The zero-order chi connectivity index (χ0) is 8.43. The van der Waals surface area contributed by atoms with Gasteiger partial charge in [0.05, 0.1) is 0 Å². The standard InChI is InChI=1S/C8H16N2O/c1-3-7-5-10(8(9)11)4-6(7)2/h6-7H,3-5H2,1-2H3,(H2,9,11)/t6-,7+/m0/s1. The van der Waals surface area contributed by atoms with Crippen molar-refractivity contribution in [2.45, 2.75) is 20.3 Å². The number of nitrogens with two attached hydrogens (primary N) is 1. The Bertz CT molecular complexity index is 158. The molecule has 0 aromatic carbocycles. The summed E-state index contributed by atoms with van der Waals surface area (Å²) in [6.45, 7) is 6.03.